The molecule has 2 heteroatoms. The molecule has 15 heavy (non-hydrogen) atoms. The molecule has 0 heterocycles. The Morgan fingerprint density at radius 1 is 1.20 bits per heavy atom. The molecule has 0 aromatic heterocycles. The second-order valence-electron chi connectivity index (χ2n) is 4.40. The number of hydrogen-bond donors (Lipinski definition) is 1. The molecule has 1 rings (SSSR count). The molecule has 0 bridgehead atoms. The zero-order chi connectivity index (χ0) is 11.4. The molecule has 2 nitrogen and oxygen atoms in total. The minimum absolute atomic E-state index is 0.0758. The molecular formula is C13H21NO. The number of hydrogen-bond acceptors (Lipinski definition) is 2. The Hall–Kier alpha value is -1.02. The van der Waals surface area contributed by atoms with Crippen LogP contribution in [0.15, 0.2) is 18.2 Å². The highest BCUT2D eigenvalue weighted by Crippen LogP contribution is 2.23. The van der Waals surface area contributed by atoms with Crippen LogP contribution in [0.2, 0.25) is 0 Å². The van der Waals surface area contributed by atoms with Gasteiger partial charge in [-0.3, -0.25) is 0 Å². The van der Waals surface area contributed by atoms with E-state index in [4.69, 9.17) is 10.5 Å². The predicted octanol–water partition coefficient (Wildman–Crippen LogP) is 2.84. The van der Waals surface area contributed by atoms with Crippen LogP contribution in [0.1, 0.15) is 37.8 Å². The Morgan fingerprint density at radius 2 is 1.87 bits per heavy atom. The molecule has 2 N–H and O–H groups in total. The summed E-state index contributed by atoms with van der Waals surface area (Å²) in [7, 11) is 0. The minimum Gasteiger partial charge on any atom is -0.489 e. The van der Waals surface area contributed by atoms with Crippen LogP contribution < -0.4 is 10.5 Å². The maximum Gasteiger partial charge on any atom is 0.120 e. The minimum atomic E-state index is 0.0758. The van der Waals surface area contributed by atoms with Crippen LogP contribution in [-0.4, -0.2) is 12.6 Å². The standard InChI is InChI=1S/C13H21NO/c1-9(2)12-5-10(3)6-13(7-12)15-11(4)8-14/h5-7,9,11H,8,14H2,1-4H3. The van der Waals surface area contributed by atoms with Gasteiger partial charge >= 0.3 is 0 Å². The summed E-state index contributed by atoms with van der Waals surface area (Å²) in [5, 5.41) is 0. The quantitative estimate of drug-likeness (QED) is 0.824. The molecule has 0 amide bonds. The van der Waals surface area contributed by atoms with Gasteiger partial charge in [0, 0.05) is 6.54 Å². The van der Waals surface area contributed by atoms with E-state index in [0.29, 0.717) is 12.5 Å². The van der Waals surface area contributed by atoms with Gasteiger partial charge in [0.15, 0.2) is 0 Å². The molecule has 0 aliphatic heterocycles. The summed E-state index contributed by atoms with van der Waals surface area (Å²) in [5.41, 5.74) is 8.08. The van der Waals surface area contributed by atoms with E-state index in [1.54, 1.807) is 0 Å². The molecule has 1 aromatic carbocycles. The maximum atomic E-state index is 5.71. The fourth-order valence-electron chi connectivity index (χ4n) is 1.46. The molecule has 0 fully saturated rings. The Kier molecular flexibility index (Phi) is 4.15. The van der Waals surface area contributed by atoms with Gasteiger partial charge in [-0.2, -0.15) is 0 Å². The van der Waals surface area contributed by atoms with Gasteiger partial charge in [0.25, 0.3) is 0 Å². The average Bonchev–Trinajstić information content (AvgIpc) is 2.16. The van der Waals surface area contributed by atoms with Gasteiger partial charge in [-0.1, -0.05) is 19.9 Å². The van der Waals surface area contributed by atoms with E-state index in [1.807, 2.05) is 6.92 Å². The van der Waals surface area contributed by atoms with E-state index in [2.05, 4.69) is 39.0 Å². The van der Waals surface area contributed by atoms with E-state index in [0.717, 1.165) is 5.75 Å². The molecule has 1 atom stereocenters. The van der Waals surface area contributed by atoms with Gasteiger partial charge in [0.2, 0.25) is 0 Å². The largest absolute Gasteiger partial charge is 0.489 e. The number of aryl methyl sites for hydroxylation is 1. The van der Waals surface area contributed by atoms with Crippen molar-refractivity contribution >= 4 is 0 Å². The Bertz CT molecular complexity index is 320. The smallest absolute Gasteiger partial charge is 0.120 e. The number of nitrogens with two attached hydrogens (primary N) is 1. The Morgan fingerprint density at radius 3 is 2.40 bits per heavy atom. The summed E-state index contributed by atoms with van der Waals surface area (Å²) in [6.45, 7) is 8.99. The fraction of sp³-hybridized carbons (Fsp3) is 0.538. The maximum absolute atomic E-state index is 5.71. The highest BCUT2D eigenvalue weighted by Gasteiger charge is 2.05. The lowest BCUT2D eigenvalue weighted by Gasteiger charge is -2.15. The van der Waals surface area contributed by atoms with E-state index in [-0.39, 0.29) is 6.10 Å². The summed E-state index contributed by atoms with van der Waals surface area (Å²) < 4.78 is 5.71. The molecule has 0 aliphatic carbocycles. The lowest BCUT2D eigenvalue weighted by molar-refractivity contribution is 0.229. The third kappa shape index (κ3) is 3.56. The lowest BCUT2D eigenvalue weighted by Crippen LogP contribution is -2.22. The van der Waals surface area contributed by atoms with Gasteiger partial charge in [-0.05, 0) is 43.0 Å². The van der Waals surface area contributed by atoms with Crippen molar-refractivity contribution in [2.75, 3.05) is 6.54 Å². The van der Waals surface area contributed by atoms with Crippen molar-refractivity contribution in [2.24, 2.45) is 5.73 Å². The van der Waals surface area contributed by atoms with Crippen LogP contribution in [0.3, 0.4) is 0 Å². The van der Waals surface area contributed by atoms with Crippen molar-refractivity contribution in [3.63, 3.8) is 0 Å². The summed E-state index contributed by atoms with van der Waals surface area (Å²) in [5.74, 6) is 1.46. The van der Waals surface area contributed by atoms with Gasteiger partial charge in [-0.25, -0.2) is 0 Å². The molecule has 0 radical (unpaired) electrons. The summed E-state index contributed by atoms with van der Waals surface area (Å²) >= 11 is 0. The molecule has 0 saturated carbocycles. The molecule has 1 aromatic rings. The zero-order valence-electron chi connectivity index (χ0n) is 10.1. The molecule has 84 valence electrons. The summed E-state index contributed by atoms with van der Waals surface area (Å²) in [6, 6.07) is 6.35. The first kappa shape index (κ1) is 12.1. The fourth-order valence-corrected chi connectivity index (χ4v) is 1.46. The van der Waals surface area contributed by atoms with E-state index in [1.165, 1.54) is 11.1 Å². The first-order chi connectivity index (χ1) is 7.02. The Balaban J connectivity index is 2.88. The van der Waals surface area contributed by atoms with E-state index < -0.39 is 0 Å². The number of rotatable bonds is 4. The second kappa shape index (κ2) is 5.17. The number of ether oxygens (including phenoxy) is 1. The van der Waals surface area contributed by atoms with Crippen LogP contribution in [-0.2, 0) is 0 Å². The summed E-state index contributed by atoms with van der Waals surface area (Å²) in [4.78, 5) is 0. The highest BCUT2D eigenvalue weighted by molar-refractivity contribution is 5.35. The van der Waals surface area contributed by atoms with Crippen molar-refractivity contribution in [1.82, 2.24) is 0 Å². The van der Waals surface area contributed by atoms with Crippen molar-refractivity contribution < 1.29 is 4.74 Å². The first-order valence-electron chi connectivity index (χ1n) is 5.51. The van der Waals surface area contributed by atoms with Crippen LogP contribution in [0.5, 0.6) is 5.75 Å². The molecule has 0 spiro atoms. The SMILES string of the molecule is Cc1cc(OC(C)CN)cc(C(C)C)c1. The monoisotopic (exact) mass is 207 g/mol. The third-order valence-electron chi connectivity index (χ3n) is 2.41. The van der Waals surface area contributed by atoms with Gasteiger partial charge in [0.1, 0.15) is 11.9 Å². The average molecular weight is 207 g/mol. The van der Waals surface area contributed by atoms with Crippen LogP contribution in [0.4, 0.5) is 0 Å². The lowest BCUT2D eigenvalue weighted by atomic mass is 10.0. The van der Waals surface area contributed by atoms with E-state index >= 15 is 0 Å². The van der Waals surface area contributed by atoms with Crippen molar-refractivity contribution in [3.05, 3.63) is 29.3 Å². The summed E-state index contributed by atoms with van der Waals surface area (Å²) in [6.07, 6.45) is 0.0758. The second-order valence-corrected chi connectivity index (χ2v) is 4.40. The van der Waals surface area contributed by atoms with Crippen LogP contribution >= 0.6 is 0 Å². The first-order valence-corrected chi connectivity index (χ1v) is 5.51. The van der Waals surface area contributed by atoms with Gasteiger partial charge in [-0.15, -0.1) is 0 Å². The number of benzene rings is 1. The molecular weight excluding hydrogens is 186 g/mol. The van der Waals surface area contributed by atoms with Gasteiger partial charge < -0.3 is 10.5 Å². The molecule has 1 unspecified atom stereocenters. The zero-order valence-corrected chi connectivity index (χ0v) is 10.1. The van der Waals surface area contributed by atoms with Crippen molar-refractivity contribution in [1.29, 1.82) is 0 Å². The Labute approximate surface area is 92.4 Å². The van der Waals surface area contributed by atoms with Crippen molar-refractivity contribution in [2.45, 2.75) is 39.7 Å². The highest BCUT2D eigenvalue weighted by atomic mass is 16.5. The van der Waals surface area contributed by atoms with Crippen molar-refractivity contribution in [3.8, 4) is 5.75 Å². The van der Waals surface area contributed by atoms with E-state index in [9.17, 15) is 0 Å². The predicted molar refractivity (Wildman–Crippen MR) is 64.4 cm³/mol. The van der Waals surface area contributed by atoms with Crippen LogP contribution in [0, 0.1) is 6.92 Å². The molecule has 0 saturated heterocycles. The molecule has 0 aliphatic rings. The third-order valence-corrected chi connectivity index (χ3v) is 2.41. The topological polar surface area (TPSA) is 35.2 Å². The van der Waals surface area contributed by atoms with Crippen LogP contribution in [0.25, 0.3) is 0 Å². The normalized spacial score (nSPS) is 12.9. The van der Waals surface area contributed by atoms with Gasteiger partial charge in [0.05, 0.1) is 0 Å².